The molecule has 0 fully saturated rings. The molecule has 1 amide bonds. The highest BCUT2D eigenvalue weighted by Gasteiger charge is 2.14. The molecular weight excluding hydrogens is 258 g/mol. The Hall–Kier alpha value is -1.81. The summed E-state index contributed by atoms with van der Waals surface area (Å²) in [5.74, 6) is 0.0102. The summed E-state index contributed by atoms with van der Waals surface area (Å²) < 4.78 is 0. The summed E-state index contributed by atoms with van der Waals surface area (Å²) in [6.45, 7) is 3.73. The van der Waals surface area contributed by atoms with Gasteiger partial charge >= 0.3 is 0 Å². The number of nitrogens with one attached hydrogen (secondary N) is 1. The van der Waals surface area contributed by atoms with Gasteiger partial charge in [-0.1, -0.05) is 12.1 Å². The van der Waals surface area contributed by atoms with E-state index in [-0.39, 0.29) is 17.7 Å². The predicted molar refractivity (Wildman–Crippen MR) is 77.8 cm³/mol. The molecule has 0 saturated heterocycles. The predicted octanol–water partition coefficient (Wildman–Crippen LogP) is 3.12. The SMILES string of the molecule is Cc1c(O)cccc1C(=O)NC(C)Cc1cccs1. The highest BCUT2D eigenvalue weighted by Crippen LogP contribution is 2.19. The van der Waals surface area contributed by atoms with Crippen molar-refractivity contribution in [1.82, 2.24) is 5.32 Å². The van der Waals surface area contributed by atoms with Gasteiger partial charge in [0, 0.05) is 28.5 Å². The molecule has 100 valence electrons. The maximum absolute atomic E-state index is 12.1. The zero-order valence-corrected chi connectivity index (χ0v) is 11.8. The zero-order valence-electron chi connectivity index (χ0n) is 11.0. The Morgan fingerprint density at radius 3 is 2.84 bits per heavy atom. The smallest absolute Gasteiger partial charge is 0.251 e. The molecule has 0 aliphatic heterocycles. The Morgan fingerprint density at radius 2 is 2.16 bits per heavy atom. The molecule has 0 radical (unpaired) electrons. The second-order valence-corrected chi connectivity index (χ2v) is 5.64. The van der Waals surface area contributed by atoms with Crippen LogP contribution in [0.15, 0.2) is 35.7 Å². The van der Waals surface area contributed by atoms with Crippen molar-refractivity contribution >= 4 is 17.2 Å². The van der Waals surface area contributed by atoms with Gasteiger partial charge in [-0.05, 0) is 37.4 Å². The zero-order chi connectivity index (χ0) is 13.8. The summed E-state index contributed by atoms with van der Waals surface area (Å²) in [4.78, 5) is 13.4. The van der Waals surface area contributed by atoms with Crippen LogP contribution in [0.1, 0.15) is 27.7 Å². The molecule has 1 atom stereocenters. The monoisotopic (exact) mass is 275 g/mol. The lowest BCUT2D eigenvalue weighted by Gasteiger charge is -2.14. The third-order valence-corrected chi connectivity index (χ3v) is 3.91. The maximum atomic E-state index is 12.1. The van der Waals surface area contributed by atoms with Crippen molar-refractivity contribution in [2.24, 2.45) is 0 Å². The van der Waals surface area contributed by atoms with Crippen molar-refractivity contribution in [3.8, 4) is 5.75 Å². The number of hydrogen-bond donors (Lipinski definition) is 2. The van der Waals surface area contributed by atoms with Gasteiger partial charge in [-0.2, -0.15) is 0 Å². The number of phenolic OH excluding ortho intramolecular Hbond substituents is 1. The van der Waals surface area contributed by atoms with Crippen LogP contribution in [0.2, 0.25) is 0 Å². The van der Waals surface area contributed by atoms with Gasteiger partial charge < -0.3 is 10.4 Å². The molecule has 1 heterocycles. The summed E-state index contributed by atoms with van der Waals surface area (Å²) in [5.41, 5.74) is 1.14. The minimum absolute atomic E-state index is 0.0629. The molecule has 19 heavy (non-hydrogen) atoms. The van der Waals surface area contributed by atoms with E-state index in [0.717, 1.165) is 6.42 Å². The molecule has 2 rings (SSSR count). The highest BCUT2D eigenvalue weighted by molar-refractivity contribution is 7.09. The van der Waals surface area contributed by atoms with E-state index >= 15 is 0 Å². The number of amides is 1. The van der Waals surface area contributed by atoms with Crippen LogP contribution in [-0.4, -0.2) is 17.1 Å². The minimum Gasteiger partial charge on any atom is -0.508 e. The van der Waals surface area contributed by atoms with Crippen molar-refractivity contribution in [3.63, 3.8) is 0 Å². The van der Waals surface area contributed by atoms with Gasteiger partial charge in [-0.3, -0.25) is 4.79 Å². The summed E-state index contributed by atoms with van der Waals surface area (Å²) in [7, 11) is 0. The number of aromatic hydroxyl groups is 1. The lowest BCUT2D eigenvalue weighted by Crippen LogP contribution is -2.34. The maximum Gasteiger partial charge on any atom is 0.251 e. The number of hydrogen-bond acceptors (Lipinski definition) is 3. The van der Waals surface area contributed by atoms with Gasteiger partial charge in [0.25, 0.3) is 5.91 Å². The van der Waals surface area contributed by atoms with Crippen LogP contribution in [0.25, 0.3) is 0 Å². The van der Waals surface area contributed by atoms with E-state index in [9.17, 15) is 9.90 Å². The van der Waals surface area contributed by atoms with E-state index in [1.54, 1.807) is 36.5 Å². The third kappa shape index (κ3) is 3.35. The molecule has 1 aromatic carbocycles. The standard InChI is InChI=1S/C15H17NO2S/c1-10(9-12-5-4-8-19-12)16-15(18)13-6-3-7-14(17)11(13)2/h3-8,10,17H,9H2,1-2H3,(H,16,18). The minimum atomic E-state index is -0.141. The number of carbonyl (C=O) groups excluding carboxylic acids is 1. The quantitative estimate of drug-likeness (QED) is 0.900. The molecule has 0 aliphatic rings. The first-order valence-electron chi connectivity index (χ1n) is 6.19. The van der Waals surface area contributed by atoms with Crippen LogP contribution in [0.3, 0.4) is 0 Å². The molecule has 0 bridgehead atoms. The largest absolute Gasteiger partial charge is 0.508 e. The topological polar surface area (TPSA) is 49.3 Å². The molecule has 4 heteroatoms. The van der Waals surface area contributed by atoms with Gasteiger partial charge in [-0.15, -0.1) is 11.3 Å². The molecule has 2 N–H and O–H groups in total. The fraction of sp³-hybridized carbons (Fsp3) is 0.267. The van der Waals surface area contributed by atoms with E-state index in [0.29, 0.717) is 11.1 Å². The Morgan fingerprint density at radius 1 is 1.37 bits per heavy atom. The van der Waals surface area contributed by atoms with E-state index in [1.807, 2.05) is 18.4 Å². The summed E-state index contributed by atoms with van der Waals surface area (Å²) >= 11 is 1.69. The number of rotatable bonds is 4. The number of thiophene rings is 1. The first kappa shape index (κ1) is 13.6. The van der Waals surface area contributed by atoms with Crippen molar-refractivity contribution in [3.05, 3.63) is 51.7 Å². The van der Waals surface area contributed by atoms with Crippen LogP contribution in [0.5, 0.6) is 5.75 Å². The van der Waals surface area contributed by atoms with Crippen molar-refractivity contribution in [2.75, 3.05) is 0 Å². The van der Waals surface area contributed by atoms with Crippen LogP contribution in [0, 0.1) is 6.92 Å². The van der Waals surface area contributed by atoms with Crippen molar-refractivity contribution in [2.45, 2.75) is 26.3 Å². The number of carbonyl (C=O) groups is 1. The molecular formula is C15H17NO2S. The first-order chi connectivity index (χ1) is 9.08. The average molecular weight is 275 g/mol. The fourth-order valence-electron chi connectivity index (χ4n) is 1.95. The third-order valence-electron chi connectivity index (χ3n) is 3.01. The van der Waals surface area contributed by atoms with E-state index in [2.05, 4.69) is 11.4 Å². The Kier molecular flexibility index (Phi) is 4.22. The second-order valence-electron chi connectivity index (χ2n) is 4.61. The van der Waals surface area contributed by atoms with Crippen LogP contribution in [0.4, 0.5) is 0 Å². The Balaban J connectivity index is 2.02. The first-order valence-corrected chi connectivity index (χ1v) is 7.07. The molecule has 1 aromatic heterocycles. The van der Waals surface area contributed by atoms with Crippen LogP contribution < -0.4 is 5.32 Å². The number of benzene rings is 1. The van der Waals surface area contributed by atoms with Crippen LogP contribution >= 0.6 is 11.3 Å². The van der Waals surface area contributed by atoms with Crippen LogP contribution in [-0.2, 0) is 6.42 Å². The van der Waals surface area contributed by atoms with E-state index in [4.69, 9.17) is 0 Å². The number of phenols is 1. The Bertz CT molecular complexity index is 564. The average Bonchev–Trinajstić information content (AvgIpc) is 2.85. The lowest BCUT2D eigenvalue weighted by molar-refractivity contribution is 0.0939. The molecule has 3 nitrogen and oxygen atoms in total. The van der Waals surface area contributed by atoms with E-state index < -0.39 is 0 Å². The fourth-order valence-corrected chi connectivity index (χ4v) is 2.79. The summed E-state index contributed by atoms with van der Waals surface area (Å²) in [6, 6.07) is 9.12. The van der Waals surface area contributed by atoms with Gasteiger partial charge in [0.2, 0.25) is 0 Å². The highest BCUT2D eigenvalue weighted by atomic mass is 32.1. The van der Waals surface area contributed by atoms with Crippen molar-refractivity contribution < 1.29 is 9.90 Å². The molecule has 1 unspecified atom stereocenters. The van der Waals surface area contributed by atoms with Gasteiger partial charge in [0.15, 0.2) is 0 Å². The lowest BCUT2D eigenvalue weighted by atomic mass is 10.1. The van der Waals surface area contributed by atoms with Gasteiger partial charge in [0.1, 0.15) is 5.75 Å². The van der Waals surface area contributed by atoms with Crippen molar-refractivity contribution in [1.29, 1.82) is 0 Å². The summed E-state index contributed by atoms with van der Waals surface area (Å²) in [6.07, 6.45) is 0.821. The van der Waals surface area contributed by atoms with Gasteiger partial charge in [-0.25, -0.2) is 0 Å². The molecule has 2 aromatic rings. The normalized spacial score (nSPS) is 12.1. The van der Waals surface area contributed by atoms with E-state index in [1.165, 1.54) is 4.88 Å². The molecule has 0 aliphatic carbocycles. The molecule has 0 spiro atoms. The Labute approximate surface area is 116 Å². The molecule has 0 saturated carbocycles. The summed E-state index contributed by atoms with van der Waals surface area (Å²) in [5, 5.41) is 14.6. The second kappa shape index (κ2) is 5.89. The van der Waals surface area contributed by atoms with Gasteiger partial charge in [0.05, 0.1) is 0 Å².